The lowest BCUT2D eigenvalue weighted by molar-refractivity contribution is 0.654. The van der Waals surface area contributed by atoms with Crippen molar-refractivity contribution in [3.05, 3.63) is 205 Å². The van der Waals surface area contributed by atoms with E-state index in [1.165, 1.54) is 33.4 Å². The number of rotatable bonds is 8. The highest BCUT2D eigenvalue weighted by atomic mass is 16.3. The maximum atomic E-state index is 6.71. The van der Waals surface area contributed by atoms with Gasteiger partial charge in [-0.25, -0.2) is 9.97 Å². The van der Waals surface area contributed by atoms with Gasteiger partial charge in [0, 0.05) is 62.2 Å². The number of para-hydroxylation sites is 2. The summed E-state index contributed by atoms with van der Waals surface area (Å²) in [4.78, 5) is 12.4. The first-order valence-corrected chi connectivity index (χ1v) is 20.2. The summed E-state index contributed by atoms with van der Waals surface area (Å²) in [5, 5.41) is 3.14. The van der Waals surface area contributed by atoms with Crippen molar-refractivity contribution < 1.29 is 4.42 Å². The standard InChI is InChI=1S/C55H43N3O/c1-6-47-44(42-23-13-15-26-48(42)55(47,3)4)32-35(2)40-22-14-16-27-50(40)58(5)39-29-31-51-45(34-39)43-25-17-24-41(53(43)59-51)38-28-30-49-46(33-38)52(36-18-9-7-10-19-36)57-54(56-49)37-20-11-8-12-21-37/h6-34H,1H2,2-5H3/b35-32+. The number of hydrogen-bond acceptors (Lipinski definition) is 4. The van der Waals surface area contributed by atoms with Crippen molar-refractivity contribution in [2.75, 3.05) is 11.9 Å². The normalized spacial score (nSPS) is 13.7. The van der Waals surface area contributed by atoms with Crippen molar-refractivity contribution in [1.82, 2.24) is 9.97 Å². The van der Waals surface area contributed by atoms with Crippen molar-refractivity contribution in [3.63, 3.8) is 0 Å². The lowest BCUT2D eigenvalue weighted by Crippen LogP contribution is -2.15. The second kappa shape index (κ2) is 14.3. The lowest BCUT2D eigenvalue weighted by atomic mass is 9.81. The Labute approximate surface area is 345 Å². The summed E-state index contributed by atoms with van der Waals surface area (Å²) in [5.41, 5.74) is 17.2. The molecule has 7 aromatic carbocycles. The highest BCUT2D eigenvalue weighted by Gasteiger charge is 2.35. The lowest BCUT2D eigenvalue weighted by Gasteiger charge is -2.23. The van der Waals surface area contributed by atoms with Crippen molar-refractivity contribution in [3.8, 4) is 33.8 Å². The minimum atomic E-state index is -0.107. The number of aromatic nitrogens is 2. The molecule has 0 fully saturated rings. The molecule has 10 rings (SSSR count). The van der Waals surface area contributed by atoms with Gasteiger partial charge in [-0.05, 0) is 76.7 Å². The van der Waals surface area contributed by atoms with Gasteiger partial charge in [0.2, 0.25) is 0 Å². The van der Waals surface area contributed by atoms with E-state index in [2.05, 4.69) is 185 Å². The number of anilines is 2. The summed E-state index contributed by atoms with van der Waals surface area (Å²) in [7, 11) is 2.15. The highest BCUT2D eigenvalue weighted by Crippen LogP contribution is 2.48. The third-order valence-corrected chi connectivity index (χ3v) is 12.1. The molecule has 0 atom stereocenters. The number of hydrogen-bond donors (Lipinski definition) is 0. The molecule has 2 heterocycles. The van der Waals surface area contributed by atoms with Crippen molar-refractivity contribution in [2.24, 2.45) is 0 Å². The summed E-state index contributed by atoms with van der Waals surface area (Å²) in [5.74, 6) is 0.710. The molecule has 0 spiro atoms. The van der Waals surface area contributed by atoms with E-state index in [4.69, 9.17) is 14.4 Å². The molecule has 0 unspecified atom stereocenters. The van der Waals surface area contributed by atoms with Crippen molar-refractivity contribution >= 4 is 55.4 Å². The Kier molecular flexibility index (Phi) is 8.72. The highest BCUT2D eigenvalue weighted by molar-refractivity contribution is 6.11. The Morgan fingerprint density at radius 3 is 2.15 bits per heavy atom. The van der Waals surface area contributed by atoms with Crippen LogP contribution in [0.25, 0.3) is 77.8 Å². The molecular weight excluding hydrogens is 719 g/mol. The number of allylic oxidation sites excluding steroid dienone is 5. The van der Waals surface area contributed by atoms with Crippen LogP contribution in [0.5, 0.6) is 0 Å². The quantitative estimate of drug-likeness (QED) is 0.155. The summed E-state index contributed by atoms with van der Waals surface area (Å²) >= 11 is 0. The molecule has 9 aromatic rings. The molecule has 1 aliphatic carbocycles. The molecule has 0 saturated heterocycles. The van der Waals surface area contributed by atoms with Gasteiger partial charge in [0.25, 0.3) is 0 Å². The fourth-order valence-corrected chi connectivity index (χ4v) is 8.99. The van der Waals surface area contributed by atoms with Gasteiger partial charge in [0.1, 0.15) is 11.2 Å². The zero-order valence-corrected chi connectivity index (χ0v) is 33.7. The van der Waals surface area contributed by atoms with Crippen LogP contribution in [0.3, 0.4) is 0 Å². The molecule has 0 bridgehead atoms. The average Bonchev–Trinajstić information content (AvgIpc) is 3.76. The van der Waals surface area contributed by atoms with Gasteiger partial charge < -0.3 is 9.32 Å². The van der Waals surface area contributed by atoms with Gasteiger partial charge in [0.15, 0.2) is 5.82 Å². The molecule has 0 aliphatic heterocycles. The fourth-order valence-electron chi connectivity index (χ4n) is 8.99. The molecule has 284 valence electrons. The van der Waals surface area contributed by atoms with Gasteiger partial charge >= 0.3 is 0 Å². The van der Waals surface area contributed by atoms with Crippen LogP contribution in [0, 0.1) is 0 Å². The van der Waals surface area contributed by atoms with Crippen LogP contribution in [0.15, 0.2) is 193 Å². The van der Waals surface area contributed by atoms with Gasteiger partial charge in [-0.3, -0.25) is 0 Å². The van der Waals surface area contributed by atoms with Crippen LogP contribution in [0.4, 0.5) is 11.4 Å². The molecule has 2 aromatic heterocycles. The third-order valence-electron chi connectivity index (χ3n) is 12.1. The topological polar surface area (TPSA) is 42.2 Å². The van der Waals surface area contributed by atoms with E-state index in [0.29, 0.717) is 5.82 Å². The van der Waals surface area contributed by atoms with E-state index in [1.54, 1.807) is 0 Å². The zero-order valence-electron chi connectivity index (χ0n) is 33.7. The third kappa shape index (κ3) is 6.07. The minimum absolute atomic E-state index is 0.107. The zero-order chi connectivity index (χ0) is 40.3. The molecule has 4 heteroatoms. The molecule has 1 aliphatic rings. The average molecular weight is 762 g/mol. The maximum Gasteiger partial charge on any atom is 0.160 e. The van der Waals surface area contributed by atoms with Crippen molar-refractivity contribution in [1.29, 1.82) is 0 Å². The first-order chi connectivity index (χ1) is 28.8. The van der Waals surface area contributed by atoms with Crippen LogP contribution >= 0.6 is 0 Å². The van der Waals surface area contributed by atoms with Crippen LogP contribution in [-0.2, 0) is 5.41 Å². The summed E-state index contributed by atoms with van der Waals surface area (Å²) in [6.07, 6.45) is 4.38. The van der Waals surface area contributed by atoms with Gasteiger partial charge in [-0.2, -0.15) is 0 Å². The van der Waals surface area contributed by atoms with Crippen LogP contribution in [-0.4, -0.2) is 17.0 Å². The molecule has 4 nitrogen and oxygen atoms in total. The van der Waals surface area contributed by atoms with E-state index in [0.717, 1.165) is 72.2 Å². The fraction of sp³-hybridized carbons (Fsp3) is 0.0909. The predicted molar refractivity (Wildman–Crippen MR) is 248 cm³/mol. The number of nitrogens with zero attached hydrogens (tertiary/aromatic N) is 3. The first kappa shape index (κ1) is 36.1. The SMILES string of the molecule is C=CC1=C(/C=C(\C)c2ccccc2N(C)c2ccc3oc4c(-c5ccc6nc(-c7ccccc7)nc(-c7ccccc7)c6c5)cccc4c3c2)c2ccccc2C1(C)C. The summed E-state index contributed by atoms with van der Waals surface area (Å²) in [6, 6.07) is 57.3. The Morgan fingerprint density at radius 1 is 0.644 bits per heavy atom. The van der Waals surface area contributed by atoms with Crippen molar-refractivity contribution in [2.45, 2.75) is 26.2 Å². The second-order valence-electron chi connectivity index (χ2n) is 15.9. The Hall–Kier alpha value is -7.30. The summed E-state index contributed by atoms with van der Waals surface area (Å²) in [6.45, 7) is 11.0. The van der Waals surface area contributed by atoms with Crippen LogP contribution in [0.1, 0.15) is 37.5 Å². The van der Waals surface area contributed by atoms with Crippen LogP contribution in [0.2, 0.25) is 0 Å². The molecule has 0 saturated carbocycles. The van der Waals surface area contributed by atoms with Gasteiger partial charge in [-0.15, -0.1) is 0 Å². The van der Waals surface area contributed by atoms with Gasteiger partial charge in [0.05, 0.1) is 11.2 Å². The number of furan rings is 1. The molecule has 0 amide bonds. The largest absolute Gasteiger partial charge is 0.455 e. The smallest absolute Gasteiger partial charge is 0.160 e. The summed E-state index contributed by atoms with van der Waals surface area (Å²) < 4.78 is 6.71. The van der Waals surface area contributed by atoms with Gasteiger partial charge in [-0.1, -0.05) is 160 Å². The number of benzene rings is 7. The minimum Gasteiger partial charge on any atom is -0.455 e. The van der Waals surface area contributed by atoms with Crippen LogP contribution < -0.4 is 4.90 Å². The molecule has 0 radical (unpaired) electrons. The van der Waals surface area contributed by atoms with E-state index in [9.17, 15) is 0 Å². The Morgan fingerprint density at radius 2 is 1.36 bits per heavy atom. The Balaban J connectivity index is 1.04. The molecule has 59 heavy (non-hydrogen) atoms. The molecule has 0 N–H and O–H groups in total. The first-order valence-electron chi connectivity index (χ1n) is 20.2. The monoisotopic (exact) mass is 761 g/mol. The maximum absolute atomic E-state index is 6.71. The predicted octanol–water partition coefficient (Wildman–Crippen LogP) is 14.6. The van der Waals surface area contributed by atoms with E-state index < -0.39 is 0 Å². The van der Waals surface area contributed by atoms with E-state index in [1.807, 2.05) is 30.3 Å². The second-order valence-corrected chi connectivity index (χ2v) is 15.9. The Bertz CT molecular complexity index is 3170. The number of fused-ring (bicyclic) bond motifs is 5. The van der Waals surface area contributed by atoms with E-state index in [-0.39, 0.29) is 5.41 Å². The molecular formula is C55H43N3O. The van der Waals surface area contributed by atoms with E-state index >= 15 is 0 Å².